The lowest BCUT2D eigenvalue weighted by Gasteiger charge is -2.19. The van der Waals surface area contributed by atoms with Crippen molar-refractivity contribution in [3.05, 3.63) is 76.3 Å². The van der Waals surface area contributed by atoms with Crippen LogP contribution < -0.4 is 5.32 Å². The molecule has 1 N–H and O–H groups in total. The molecule has 0 aliphatic carbocycles. The second-order valence-corrected chi connectivity index (χ2v) is 5.69. The Balaban J connectivity index is 2.16. The molecule has 3 rings (SSSR count). The molecular formula is C17H14BrFN2. The molecule has 0 fully saturated rings. The lowest BCUT2D eigenvalue weighted by Crippen LogP contribution is -2.18. The summed E-state index contributed by atoms with van der Waals surface area (Å²) < 4.78 is 13.9. The molecule has 0 saturated heterocycles. The van der Waals surface area contributed by atoms with Gasteiger partial charge in [-0.25, -0.2) is 4.39 Å². The van der Waals surface area contributed by atoms with Gasteiger partial charge in [-0.3, -0.25) is 4.98 Å². The van der Waals surface area contributed by atoms with Crippen LogP contribution in [0.1, 0.15) is 17.2 Å². The third kappa shape index (κ3) is 2.69. The third-order valence-electron chi connectivity index (χ3n) is 3.59. The second-order valence-electron chi connectivity index (χ2n) is 4.84. The zero-order valence-corrected chi connectivity index (χ0v) is 13.1. The SMILES string of the molecule is CNC(c1ccc(F)c(Br)c1)c1cccc2ccncc12. The Hall–Kier alpha value is -1.78. The van der Waals surface area contributed by atoms with Gasteiger partial charge < -0.3 is 5.32 Å². The molecule has 0 aliphatic rings. The number of halogens is 2. The molecule has 2 nitrogen and oxygen atoms in total. The fourth-order valence-electron chi connectivity index (χ4n) is 2.58. The Bertz CT molecular complexity index is 783. The van der Waals surface area contributed by atoms with Gasteiger partial charge in [0, 0.05) is 17.8 Å². The van der Waals surface area contributed by atoms with Gasteiger partial charge in [0.2, 0.25) is 0 Å². The molecule has 0 saturated carbocycles. The second kappa shape index (κ2) is 5.92. The maximum Gasteiger partial charge on any atom is 0.137 e. The Morgan fingerprint density at radius 2 is 2.05 bits per heavy atom. The topological polar surface area (TPSA) is 24.9 Å². The average molecular weight is 345 g/mol. The van der Waals surface area contributed by atoms with Crippen LogP contribution in [0.4, 0.5) is 4.39 Å². The number of rotatable bonds is 3. The molecule has 3 aromatic rings. The van der Waals surface area contributed by atoms with E-state index < -0.39 is 0 Å². The van der Waals surface area contributed by atoms with Crippen LogP contribution in [0.2, 0.25) is 0 Å². The van der Waals surface area contributed by atoms with E-state index in [0.29, 0.717) is 4.47 Å². The van der Waals surface area contributed by atoms with Crippen molar-refractivity contribution >= 4 is 26.7 Å². The molecular weight excluding hydrogens is 331 g/mol. The van der Waals surface area contributed by atoms with E-state index in [4.69, 9.17) is 0 Å². The Morgan fingerprint density at radius 1 is 1.19 bits per heavy atom. The van der Waals surface area contributed by atoms with Gasteiger partial charge in [0.25, 0.3) is 0 Å². The maximum absolute atomic E-state index is 13.4. The van der Waals surface area contributed by atoms with Gasteiger partial charge in [0.1, 0.15) is 5.82 Å². The Labute approximate surface area is 131 Å². The third-order valence-corrected chi connectivity index (χ3v) is 4.20. The van der Waals surface area contributed by atoms with E-state index in [1.54, 1.807) is 12.3 Å². The molecule has 0 bridgehead atoms. The first kappa shape index (κ1) is 14.2. The van der Waals surface area contributed by atoms with Crippen molar-refractivity contribution in [3.63, 3.8) is 0 Å². The first-order valence-electron chi connectivity index (χ1n) is 6.65. The van der Waals surface area contributed by atoms with Crippen molar-refractivity contribution < 1.29 is 4.39 Å². The molecule has 0 aliphatic heterocycles. The summed E-state index contributed by atoms with van der Waals surface area (Å²) in [5.74, 6) is -0.256. The van der Waals surface area contributed by atoms with Crippen LogP contribution in [0.5, 0.6) is 0 Å². The molecule has 4 heteroatoms. The number of hydrogen-bond donors (Lipinski definition) is 1. The summed E-state index contributed by atoms with van der Waals surface area (Å²) >= 11 is 3.25. The van der Waals surface area contributed by atoms with Crippen LogP contribution in [-0.2, 0) is 0 Å². The van der Waals surface area contributed by atoms with Crippen molar-refractivity contribution in [3.8, 4) is 0 Å². The molecule has 2 aromatic carbocycles. The minimum Gasteiger partial charge on any atom is -0.309 e. The average Bonchev–Trinajstić information content (AvgIpc) is 2.52. The number of aromatic nitrogens is 1. The van der Waals surface area contributed by atoms with E-state index in [9.17, 15) is 4.39 Å². The molecule has 1 heterocycles. The highest BCUT2D eigenvalue weighted by Crippen LogP contribution is 2.30. The van der Waals surface area contributed by atoms with Gasteiger partial charge >= 0.3 is 0 Å². The summed E-state index contributed by atoms with van der Waals surface area (Å²) in [7, 11) is 1.90. The van der Waals surface area contributed by atoms with Crippen LogP contribution in [0, 0.1) is 5.82 Å². The van der Waals surface area contributed by atoms with Crippen molar-refractivity contribution in [1.29, 1.82) is 0 Å². The minimum atomic E-state index is -0.256. The fraction of sp³-hybridized carbons (Fsp3) is 0.118. The van der Waals surface area contributed by atoms with E-state index in [1.807, 2.05) is 31.4 Å². The maximum atomic E-state index is 13.4. The zero-order chi connectivity index (χ0) is 14.8. The first-order valence-corrected chi connectivity index (χ1v) is 7.45. The minimum absolute atomic E-state index is 0.0187. The summed E-state index contributed by atoms with van der Waals surface area (Å²) in [6.45, 7) is 0. The van der Waals surface area contributed by atoms with Crippen LogP contribution in [0.3, 0.4) is 0 Å². The summed E-state index contributed by atoms with van der Waals surface area (Å²) in [6, 6.07) is 13.2. The van der Waals surface area contributed by atoms with E-state index >= 15 is 0 Å². The Kier molecular flexibility index (Phi) is 3.99. The lowest BCUT2D eigenvalue weighted by atomic mass is 9.95. The molecule has 0 radical (unpaired) electrons. The van der Waals surface area contributed by atoms with Gasteiger partial charge in [0.15, 0.2) is 0 Å². The van der Waals surface area contributed by atoms with E-state index in [1.165, 1.54) is 6.07 Å². The summed E-state index contributed by atoms with van der Waals surface area (Å²) in [5.41, 5.74) is 2.13. The van der Waals surface area contributed by atoms with Crippen LogP contribution >= 0.6 is 15.9 Å². The number of nitrogens with one attached hydrogen (secondary N) is 1. The van der Waals surface area contributed by atoms with Crippen molar-refractivity contribution in [2.45, 2.75) is 6.04 Å². The van der Waals surface area contributed by atoms with E-state index in [0.717, 1.165) is 21.9 Å². The number of fused-ring (bicyclic) bond motifs is 1. The van der Waals surface area contributed by atoms with Gasteiger partial charge in [-0.1, -0.05) is 24.3 Å². The van der Waals surface area contributed by atoms with Crippen molar-refractivity contribution in [2.24, 2.45) is 0 Å². The van der Waals surface area contributed by atoms with E-state index in [-0.39, 0.29) is 11.9 Å². The summed E-state index contributed by atoms with van der Waals surface area (Å²) in [6.07, 6.45) is 3.66. The van der Waals surface area contributed by atoms with Crippen LogP contribution in [0.25, 0.3) is 10.8 Å². The van der Waals surface area contributed by atoms with Crippen molar-refractivity contribution in [1.82, 2.24) is 10.3 Å². The largest absolute Gasteiger partial charge is 0.309 e. The highest BCUT2D eigenvalue weighted by Gasteiger charge is 2.16. The smallest absolute Gasteiger partial charge is 0.137 e. The number of nitrogens with zero attached hydrogens (tertiary/aromatic N) is 1. The standard InChI is InChI=1S/C17H14BrFN2/c1-20-17(12-5-6-16(19)15(18)9-12)13-4-2-3-11-7-8-21-10-14(11)13/h2-10,17,20H,1H3. The van der Waals surface area contributed by atoms with Crippen LogP contribution in [0.15, 0.2) is 59.3 Å². The summed E-state index contributed by atoms with van der Waals surface area (Å²) in [4.78, 5) is 4.22. The zero-order valence-electron chi connectivity index (χ0n) is 11.5. The number of pyridine rings is 1. The molecule has 106 valence electrons. The first-order chi connectivity index (χ1) is 10.2. The van der Waals surface area contributed by atoms with Crippen LogP contribution in [-0.4, -0.2) is 12.0 Å². The Morgan fingerprint density at radius 3 is 2.81 bits per heavy atom. The highest BCUT2D eigenvalue weighted by atomic mass is 79.9. The van der Waals surface area contributed by atoms with Crippen molar-refractivity contribution in [2.75, 3.05) is 7.05 Å². The predicted octanol–water partition coefficient (Wildman–Crippen LogP) is 4.45. The molecule has 0 amide bonds. The molecule has 1 atom stereocenters. The lowest BCUT2D eigenvalue weighted by molar-refractivity contribution is 0.617. The fourth-order valence-corrected chi connectivity index (χ4v) is 2.98. The number of hydrogen-bond acceptors (Lipinski definition) is 2. The monoisotopic (exact) mass is 344 g/mol. The molecule has 1 aromatic heterocycles. The normalized spacial score (nSPS) is 12.5. The highest BCUT2D eigenvalue weighted by molar-refractivity contribution is 9.10. The van der Waals surface area contributed by atoms with E-state index in [2.05, 4.69) is 38.4 Å². The van der Waals surface area contributed by atoms with Gasteiger partial charge in [-0.2, -0.15) is 0 Å². The quantitative estimate of drug-likeness (QED) is 0.759. The molecule has 1 unspecified atom stereocenters. The summed E-state index contributed by atoms with van der Waals surface area (Å²) in [5, 5.41) is 5.54. The van der Waals surface area contributed by atoms with Gasteiger partial charge in [-0.05, 0) is 57.7 Å². The van der Waals surface area contributed by atoms with Gasteiger partial charge in [-0.15, -0.1) is 0 Å². The molecule has 21 heavy (non-hydrogen) atoms. The predicted molar refractivity (Wildman–Crippen MR) is 86.7 cm³/mol. The van der Waals surface area contributed by atoms with Gasteiger partial charge in [0.05, 0.1) is 10.5 Å². The molecule has 0 spiro atoms. The number of benzene rings is 2.